The van der Waals surface area contributed by atoms with Gasteiger partial charge in [0.15, 0.2) is 5.82 Å². The summed E-state index contributed by atoms with van der Waals surface area (Å²) in [6, 6.07) is 10.1. The zero-order valence-electron chi connectivity index (χ0n) is 9.64. The smallest absolute Gasteiger partial charge is 0.163 e. The molecule has 0 radical (unpaired) electrons. The van der Waals surface area contributed by atoms with Gasteiger partial charge in [-0.3, -0.25) is 0 Å². The van der Waals surface area contributed by atoms with Crippen molar-refractivity contribution in [1.29, 1.82) is 0 Å². The summed E-state index contributed by atoms with van der Waals surface area (Å²) in [6.45, 7) is 0.917. The van der Waals surface area contributed by atoms with Gasteiger partial charge in [-0.1, -0.05) is 30.3 Å². The van der Waals surface area contributed by atoms with Crippen LogP contribution in [0.25, 0.3) is 11.4 Å². The number of aromatic nitrogens is 3. The molecule has 0 saturated carbocycles. The van der Waals surface area contributed by atoms with Crippen molar-refractivity contribution >= 4 is 0 Å². The summed E-state index contributed by atoms with van der Waals surface area (Å²) in [6.07, 6.45) is 0.896. The summed E-state index contributed by atoms with van der Waals surface area (Å²) in [5, 5.41) is 11.5. The van der Waals surface area contributed by atoms with E-state index < -0.39 is 0 Å². The van der Waals surface area contributed by atoms with Gasteiger partial charge < -0.3 is 9.88 Å². The number of likely N-dealkylation sites (N-methyl/N-ethyl adjacent to an activating group) is 1. The van der Waals surface area contributed by atoms with Crippen molar-refractivity contribution in [1.82, 2.24) is 20.1 Å². The van der Waals surface area contributed by atoms with Crippen LogP contribution in [0.3, 0.4) is 0 Å². The molecule has 0 bridgehead atoms. The Morgan fingerprint density at radius 3 is 2.62 bits per heavy atom. The van der Waals surface area contributed by atoms with Crippen LogP contribution in [0, 0.1) is 0 Å². The lowest BCUT2D eigenvalue weighted by Gasteiger charge is -2.03. The van der Waals surface area contributed by atoms with E-state index in [0.29, 0.717) is 0 Å². The van der Waals surface area contributed by atoms with Crippen molar-refractivity contribution in [3.05, 3.63) is 36.2 Å². The van der Waals surface area contributed by atoms with Gasteiger partial charge in [-0.2, -0.15) is 0 Å². The molecule has 0 aliphatic carbocycles. The molecule has 4 nitrogen and oxygen atoms in total. The fraction of sp³-hybridized carbons (Fsp3) is 0.333. The van der Waals surface area contributed by atoms with Crippen LogP contribution < -0.4 is 5.32 Å². The Balaban J connectivity index is 2.27. The lowest BCUT2D eigenvalue weighted by molar-refractivity contribution is 0.718. The number of benzene rings is 1. The summed E-state index contributed by atoms with van der Waals surface area (Å²) < 4.78 is 2.05. The van der Waals surface area contributed by atoms with E-state index in [-0.39, 0.29) is 0 Å². The van der Waals surface area contributed by atoms with Crippen molar-refractivity contribution in [2.45, 2.75) is 6.42 Å². The highest BCUT2D eigenvalue weighted by molar-refractivity contribution is 5.54. The molecule has 1 aromatic carbocycles. The molecule has 0 amide bonds. The maximum Gasteiger partial charge on any atom is 0.163 e. The van der Waals surface area contributed by atoms with Crippen molar-refractivity contribution in [3.8, 4) is 11.4 Å². The first-order valence-electron chi connectivity index (χ1n) is 5.41. The predicted octanol–water partition coefficient (Wildman–Crippen LogP) is 1.24. The van der Waals surface area contributed by atoms with Gasteiger partial charge in [0.1, 0.15) is 5.82 Å². The average Bonchev–Trinajstić information content (AvgIpc) is 2.69. The van der Waals surface area contributed by atoms with E-state index in [1.54, 1.807) is 0 Å². The summed E-state index contributed by atoms with van der Waals surface area (Å²) in [5.41, 5.74) is 1.10. The summed E-state index contributed by atoms with van der Waals surface area (Å²) in [5.74, 6) is 1.93. The van der Waals surface area contributed by atoms with Crippen LogP contribution in [0.2, 0.25) is 0 Å². The molecule has 0 saturated heterocycles. The van der Waals surface area contributed by atoms with E-state index in [1.807, 2.05) is 49.0 Å². The van der Waals surface area contributed by atoms with Crippen LogP contribution in [0.5, 0.6) is 0 Å². The second-order valence-electron chi connectivity index (χ2n) is 3.72. The van der Waals surface area contributed by atoms with Crippen molar-refractivity contribution in [2.75, 3.05) is 13.6 Å². The second kappa shape index (κ2) is 4.90. The SMILES string of the molecule is CNCCc1nnc(-c2ccccc2)n1C. The van der Waals surface area contributed by atoms with Crippen LogP contribution in [0.1, 0.15) is 5.82 Å². The monoisotopic (exact) mass is 216 g/mol. The van der Waals surface area contributed by atoms with Gasteiger partial charge in [0.25, 0.3) is 0 Å². The van der Waals surface area contributed by atoms with E-state index >= 15 is 0 Å². The minimum absolute atomic E-state index is 0.896. The third kappa shape index (κ3) is 2.12. The lowest BCUT2D eigenvalue weighted by Crippen LogP contribution is -2.13. The molecule has 4 heteroatoms. The van der Waals surface area contributed by atoms with Crippen molar-refractivity contribution < 1.29 is 0 Å². The van der Waals surface area contributed by atoms with E-state index in [2.05, 4.69) is 15.5 Å². The molecule has 0 aliphatic heterocycles. The van der Waals surface area contributed by atoms with Crippen LogP contribution in [0.15, 0.2) is 30.3 Å². The van der Waals surface area contributed by atoms with Gasteiger partial charge >= 0.3 is 0 Å². The van der Waals surface area contributed by atoms with Crippen LogP contribution in [0.4, 0.5) is 0 Å². The van der Waals surface area contributed by atoms with E-state index in [4.69, 9.17) is 0 Å². The molecule has 0 fully saturated rings. The first kappa shape index (κ1) is 10.8. The first-order valence-corrected chi connectivity index (χ1v) is 5.41. The van der Waals surface area contributed by atoms with Crippen molar-refractivity contribution in [3.63, 3.8) is 0 Å². The first-order chi connectivity index (χ1) is 7.83. The number of hydrogen-bond donors (Lipinski definition) is 1. The molecule has 16 heavy (non-hydrogen) atoms. The average molecular weight is 216 g/mol. The minimum atomic E-state index is 0.896. The maximum atomic E-state index is 4.22. The molecule has 0 atom stereocenters. The summed E-state index contributed by atoms with van der Waals surface area (Å²) >= 11 is 0. The maximum absolute atomic E-state index is 4.22. The topological polar surface area (TPSA) is 42.7 Å². The summed E-state index contributed by atoms with van der Waals surface area (Å²) in [7, 11) is 3.95. The fourth-order valence-electron chi connectivity index (χ4n) is 1.65. The Morgan fingerprint density at radius 2 is 1.94 bits per heavy atom. The van der Waals surface area contributed by atoms with Crippen LogP contribution in [-0.2, 0) is 13.5 Å². The lowest BCUT2D eigenvalue weighted by atomic mass is 10.2. The number of nitrogens with one attached hydrogen (secondary N) is 1. The molecular formula is C12H16N4. The van der Waals surface area contributed by atoms with E-state index in [9.17, 15) is 0 Å². The van der Waals surface area contributed by atoms with Gasteiger partial charge in [0.2, 0.25) is 0 Å². The molecule has 84 valence electrons. The third-order valence-corrected chi connectivity index (χ3v) is 2.60. The largest absolute Gasteiger partial charge is 0.319 e. The highest BCUT2D eigenvalue weighted by atomic mass is 15.3. The Labute approximate surface area is 95.3 Å². The Hall–Kier alpha value is -1.68. The fourth-order valence-corrected chi connectivity index (χ4v) is 1.65. The zero-order chi connectivity index (χ0) is 11.4. The van der Waals surface area contributed by atoms with Gasteiger partial charge in [-0.15, -0.1) is 10.2 Å². The highest BCUT2D eigenvalue weighted by Gasteiger charge is 2.09. The second-order valence-corrected chi connectivity index (χ2v) is 3.72. The van der Waals surface area contributed by atoms with Crippen LogP contribution in [-0.4, -0.2) is 28.4 Å². The van der Waals surface area contributed by atoms with E-state index in [1.165, 1.54) is 0 Å². The van der Waals surface area contributed by atoms with Gasteiger partial charge in [0, 0.05) is 25.6 Å². The Bertz CT molecular complexity index is 447. The highest BCUT2D eigenvalue weighted by Crippen LogP contribution is 2.16. The molecule has 1 aromatic heterocycles. The molecule has 0 spiro atoms. The van der Waals surface area contributed by atoms with Gasteiger partial charge in [0.05, 0.1) is 0 Å². The number of hydrogen-bond acceptors (Lipinski definition) is 3. The Morgan fingerprint density at radius 1 is 1.19 bits per heavy atom. The third-order valence-electron chi connectivity index (χ3n) is 2.60. The Kier molecular flexibility index (Phi) is 3.31. The van der Waals surface area contributed by atoms with Gasteiger partial charge in [-0.05, 0) is 7.05 Å². The van der Waals surface area contributed by atoms with Gasteiger partial charge in [-0.25, -0.2) is 0 Å². The van der Waals surface area contributed by atoms with E-state index in [0.717, 1.165) is 30.2 Å². The molecule has 1 heterocycles. The molecule has 2 aromatic rings. The quantitative estimate of drug-likeness (QED) is 0.836. The van der Waals surface area contributed by atoms with Crippen LogP contribution >= 0.6 is 0 Å². The summed E-state index contributed by atoms with van der Waals surface area (Å²) in [4.78, 5) is 0. The normalized spacial score (nSPS) is 10.6. The zero-order valence-corrected chi connectivity index (χ0v) is 9.64. The number of nitrogens with zero attached hydrogens (tertiary/aromatic N) is 3. The molecule has 0 aliphatic rings. The molecule has 2 rings (SSSR count). The standard InChI is InChI=1S/C12H16N4/c1-13-9-8-11-14-15-12(16(11)2)10-6-4-3-5-7-10/h3-7,13H,8-9H2,1-2H3. The number of rotatable bonds is 4. The minimum Gasteiger partial charge on any atom is -0.319 e. The molecule has 0 unspecified atom stereocenters. The predicted molar refractivity (Wildman–Crippen MR) is 64.1 cm³/mol. The molecule has 1 N–H and O–H groups in total. The van der Waals surface area contributed by atoms with Crippen molar-refractivity contribution in [2.24, 2.45) is 7.05 Å². The molecular weight excluding hydrogens is 200 g/mol.